The molecule has 0 aromatic carbocycles. The fourth-order valence-electron chi connectivity index (χ4n) is 3.25. The van der Waals surface area contributed by atoms with Crippen molar-refractivity contribution in [3.8, 4) is 0 Å². The summed E-state index contributed by atoms with van der Waals surface area (Å²) in [5.74, 6) is 0.671. The van der Waals surface area contributed by atoms with Crippen LogP contribution in [-0.2, 0) is 0 Å². The van der Waals surface area contributed by atoms with Gasteiger partial charge < -0.3 is 10.4 Å². The number of hydrogen-bond acceptors (Lipinski definition) is 4. The number of rotatable bonds is 5. The third-order valence-electron chi connectivity index (χ3n) is 4.52. The molecule has 0 spiro atoms. The van der Waals surface area contributed by atoms with E-state index in [1.165, 1.54) is 0 Å². The highest BCUT2D eigenvalue weighted by atomic mass is 79.9. The van der Waals surface area contributed by atoms with Crippen molar-refractivity contribution < 1.29 is 13.9 Å². The minimum Gasteiger partial charge on any atom is -0.393 e. The highest BCUT2D eigenvalue weighted by molar-refractivity contribution is 9.10. The Hall–Kier alpha value is -1.28. The Labute approximate surface area is 147 Å². The van der Waals surface area contributed by atoms with Crippen molar-refractivity contribution >= 4 is 27.4 Å². The fourth-order valence-corrected chi connectivity index (χ4v) is 3.76. The predicted molar refractivity (Wildman–Crippen MR) is 91.6 cm³/mol. The average molecular weight is 403 g/mol. The van der Waals surface area contributed by atoms with Gasteiger partial charge in [0.1, 0.15) is 0 Å². The Balaban J connectivity index is 1.86. The number of aromatic nitrogens is 3. The maximum absolute atomic E-state index is 12.5. The quantitative estimate of drug-likeness (QED) is 0.793. The Morgan fingerprint density at radius 2 is 2.08 bits per heavy atom. The maximum Gasteiger partial charge on any atom is 0.241 e. The molecular weight excluding hydrogens is 382 g/mol. The third-order valence-corrected chi connectivity index (χ3v) is 5.15. The standard InChI is InChI=1S/C16H21BrF2N4O/c1-9(6-15(18)19)21-16-20-8-14-12(17)7-13(23(14)22-16)10-2-4-11(24)5-3-10/h7-11,15,24H,2-6H2,1H3,(H,21,22). The number of nitrogens with one attached hydrogen (secondary N) is 1. The highest BCUT2D eigenvalue weighted by Gasteiger charge is 2.25. The summed E-state index contributed by atoms with van der Waals surface area (Å²) in [6, 6.07) is 1.63. The van der Waals surface area contributed by atoms with Crippen LogP contribution in [0.2, 0.25) is 0 Å². The molecule has 24 heavy (non-hydrogen) atoms. The van der Waals surface area contributed by atoms with Gasteiger partial charge in [-0.15, -0.1) is 5.10 Å². The van der Waals surface area contributed by atoms with E-state index in [2.05, 4.69) is 31.3 Å². The zero-order chi connectivity index (χ0) is 17.3. The van der Waals surface area contributed by atoms with Crippen LogP contribution in [-0.4, -0.2) is 38.3 Å². The number of aliphatic hydroxyl groups is 1. The molecule has 2 N–H and O–H groups in total. The minimum absolute atomic E-state index is 0.210. The van der Waals surface area contributed by atoms with Gasteiger partial charge in [-0.25, -0.2) is 18.3 Å². The first-order valence-corrected chi connectivity index (χ1v) is 9.00. The average Bonchev–Trinajstić information content (AvgIpc) is 2.84. The van der Waals surface area contributed by atoms with Gasteiger partial charge in [0.05, 0.1) is 17.8 Å². The second-order valence-electron chi connectivity index (χ2n) is 6.47. The highest BCUT2D eigenvalue weighted by Crippen LogP contribution is 2.36. The summed E-state index contributed by atoms with van der Waals surface area (Å²) in [4.78, 5) is 4.23. The molecule has 0 amide bonds. The molecule has 2 heterocycles. The Bertz CT molecular complexity index is 701. The van der Waals surface area contributed by atoms with Crippen LogP contribution < -0.4 is 5.32 Å². The number of halogens is 3. The van der Waals surface area contributed by atoms with E-state index >= 15 is 0 Å². The van der Waals surface area contributed by atoms with Crippen molar-refractivity contribution in [3.63, 3.8) is 0 Å². The van der Waals surface area contributed by atoms with E-state index in [1.807, 2.05) is 10.6 Å². The van der Waals surface area contributed by atoms with E-state index in [9.17, 15) is 13.9 Å². The van der Waals surface area contributed by atoms with Crippen LogP contribution in [0.4, 0.5) is 14.7 Å². The number of hydrogen-bond donors (Lipinski definition) is 2. The molecular formula is C16H21BrF2N4O. The Morgan fingerprint density at radius 1 is 1.38 bits per heavy atom. The molecule has 1 aliphatic carbocycles. The van der Waals surface area contributed by atoms with Crippen molar-refractivity contribution in [2.75, 3.05) is 5.32 Å². The third kappa shape index (κ3) is 3.85. The summed E-state index contributed by atoms with van der Waals surface area (Å²) >= 11 is 3.53. The molecule has 0 saturated heterocycles. The van der Waals surface area contributed by atoms with Crippen LogP contribution in [0.25, 0.3) is 5.52 Å². The summed E-state index contributed by atoms with van der Waals surface area (Å²) in [5, 5.41) is 17.1. The number of aliphatic hydroxyl groups excluding tert-OH is 1. The molecule has 1 atom stereocenters. The van der Waals surface area contributed by atoms with Gasteiger partial charge in [-0.1, -0.05) is 0 Å². The molecule has 1 aliphatic rings. The molecule has 1 unspecified atom stereocenters. The van der Waals surface area contributed by atoms with Crippen molar-refractivity contribution in [2.45, 2.75) is 63.5 Å². The van der Waals surface area contributed by atoms with Gasteiger partial charge in [-0.2, -0.15) is 0 Å². The summed E-state index contributed by atoms with van der Waals surface area (Å²) < 4.78 is 27.7. The lowest BCUT2D eigenvalue weighted by Crippen LogP contribution is -2.21. The predicted octanol–water partition coefficient (Wildman–Crippen LogP) is 3.97. The topological polar surface area (TPSA) is 62.5 Å². The van der Waals surface area contributed by atoms with Gasteiger partial charge in [0, 0.05) is 28.5 Å². The molecule has 8 heteroatoms. The molecule has 3 rings (SSSR count). The lowest BCUT2D eigenvalue weighted by molar-refractivity contribution is 0.121. The summed E-state index contributed by atoms with van der Waals surface area (Å²) in [5.41, 5.74) is 1.92. The van der Waals surface area contributed by atoms with Crippen LogP contribution in [0.5, 0.6) is 0 Å². The second kappa shape index (κ2) is 7.31. The number of fused-ring (bicyclic) bond motifs is 1. The van der Waals surface area contributed by atoms with E-state index in [1.54, 1.807) is 13.1 Å². The first-order valence-electron chi connectivity index (χ1n) is 8.21. The summed E-state index contributed by atoms with van der Waals surface area (Å²) in [6.45, 7) is 1.69. The van der Waals surface area contributed by atoms with Gasteiger partial charge in [0.25, 0.3) is 0 Å². The smallest absolute Gasteiger partial charge is 0.241 e. The normalized spacial score (nSPS) is 22.9. The van der Waals surface area contributed by atoms with Crippen molar-refractivity contribution in [3.05, 3.63) is 22.4 Å². The van der Waals surface area contributed by atoms with Crippen LogP contribution in [0.1, 0.15) is 50.6 Å². The van der Waals surface area contributed by atoms with Crippen LogP contribution in [0.15, 0.2) is 16.7 Å². The van der Waals surface area contributed by atoms with Gasteiger partial charge in [-0.3, -0.25) is 0 Å². The maximum atomic E-state index is 12.5. The lowest BCUT2D eigenvalue weighted by Gasteiger charge is -2.25. The SMILES string of the molecule is CC(CC(F)F)Nc1ncc2c(Br)cc(C3CCC(O)CC3)n2n1. The van der Waals surface area contributed by atoms with Crippen LogP contribution in [0, 0.1) is 0 Å². The zero-order valence-corrected chi connectivity index (χ0v) is 15.0. The second-order valence-corrected chi connectivity index (χ2v) is 7.33. The van der Waals surface area contributed by atoms with Gasteiger partial charge >= 0.3 is 0 Å². The number of nitrogens with zero attached hydrogens (tertiary/aromatic N) is 3. The molecule has 0 bridgehead atoms. The molecule has 2 aromatic heterocycles. The molecule has 5 nitrogen and oxygen atoms in total. The largest absolute Gasteiger partial charge is 0.393 e. The molecule has 0 aliphatic heterocycles. The van der Waals surface area contributed by atoms with Gasteiger partial charge in [0.2, 0.25) is 12.4 Å². The van der Waals surface area contributed by atoms with Crippen LogP contribution >= 0.6 is 15.9 Å². The first-order chi connectivity index (χ1) is 11.4. The Kier molecular flexibility index (Phi) is 5.34. The monoisotopic (exact) mass is 402 g/mol. The number of anilines is 1. The number of alkyl halides is 2. The van der Waals surface area contributed by atoms with E-state index in [4.69, 9.17) is 0 Å². The molecule has 1 fully saturated rings. The van der Waals surface area contributed by atoms with Gasteiger partial charge in [0.15, 0.2) is 0 Å². The van der Waals surface area contributed by atoms with Crippen molar-refractivity contribution in [1.82, 2.24) is 14.6 Å². The molecule has 0 radical (unpaired) electrons. The zero-order valence-electron chi connectivity index (χ0n) is 13.4. The Morgan fingerprint density at radius 3 is 2.75 bits per heavy atom. The molecule has 2 aromatic rings. The first kappa shape index (κ1) is 17.5. The van der Waals surface area contributed by atoms with Gasteiger partial charge in [-0.05, 0) is 54.6 Å². The summed E-state index contributed by atoms with van der Waals surface area (Å²) in [7, 11) is 0. The van der Waals surface area contributed by atoms with Crippen molar-refractivity contribution in [1.29, 1.82) is 0 Å². The summed E-state index contributed by atoms with van der Waals surface area (Å²) in [6.07, 6.45) is 2.27. The van der Waals surface area contributed by atoms with E-state index < -0.39 is 12.5 Å². The van der Waals surface area contributed by atoms with Crippen molar-refractivity contribution in [2.24, 2.45) is 0 Å². The van der Waals surface area contributed by atoms with E-state index in [0.717, 1.165) is 41.4 Å². The van der Waals surface area contributed by atoms with E-state index in [-0.39, 0.29) is 12.5 Å². The lowest BCUT2D eigenvalue weighted by atomic mass is 9.85. The molecule has 132 valence electrons. The minimum atomic E-state index is -2.36. The fraction of sp³-hybridized carbons (Fsp3) is 0.625. The van der Waals surface area contributed by atoms with Crippen LogP contribution in [0.3, 0.4) is 0 Å². The molecule has 1 saturated carbocycles. The van der Waals surface area contributed by atoms with E-state index in [0.29, 0.717) is 11.9 Å².